The molecule has 2 aliphatic rings. The van der Waals surface area contributed by atoms with Crippen LogP contribution in [-0.2, 0) is 4.74 Å². The molecule has 1 saturated heterocycles. The van der Waals surface area contributed by atoms with Crippen LogP contribution in [0, 0.1) is 5.92 Å². The van der Waals surface area contributed by atoms with Gasteiger partial charge in [-0.05, 0) is 46.0 Å². The Bertz CT molecular complexity index is 284. The molecule has 3 unspecified atom stereocenters. The van der Waals surface area contributed by atoms with Gasteiger partial charge in [0.25, 0.3) is 0 Å². The van der Waals surface area contributed by atoms with Crippen molar-refractivity contribution in [3.8, 4) is 0 Å². The first-order valence-corrected chi connectivity index (χ1v) is 6.04. The summed E-state index contributed by atoms with van der Waals surface area (Å²) in [6, 6.07) is 0.207. The molecule has 0 aromatic heterocycles. The molecule has 1 saturated carbocycles. The predicted molar refractivity (Wildman–Crippen MR) is 60.1 cm³/mol. The normalized spacial score (nSPS) is 34.0. The molecule has 4 heteroatoms. The van der Waals surface area contributed by atoms with E-state index in [1.807, 2.05) is 20.8 Å². The number of fused-ring (bicyclic) bond motifs is 1. The summed E-state index contributed by atoms with van der Waals surface area (Å²) in [6.07, 6.45) is 2.15. The highest BCUT2D eigenvalue weighted by Crippen LogP contribution is 2.38. The maximum absolute atomic E-state index is 11.8. The second kappa shape index (κ2) is 3.91. The average molecular weight is 227 g/mol. The molecule has 1 N–H and O–H groups in total. The first kappa shape index (κ1) is 11.7. The summed E-state index contributed by atoms with van der Waals surface area (Å²) in [7, 11) is 0. The van der Waals surface area contributed by atoms with Crippen molar-refractivity contribution in [2.75, 3.05) is 6.54 Å². The van der Waals surface area contributed by atoms with Crippen LogP contribution in [0.3, 0.4) is 0 Å². The molecule has 0 bridgehead atoms. The van der Waals surface area contributed by atoms with Crippen molar-refractivity contribution >= 4 is 6.09 Å². The second-order valence-electron chi connectivity index (χ2n) is 5.93. The second-order valence-corrected chi connectivity index (χ2v) is 5.93. The van der Waals surface area contributed by atoms with Gasteiger partial charge in [0.05, 0.1) is 6.10 Å². The molecule has 0 spiro atoms. The highest BCUT2D eigenvalue weighted by atomic mass is 16.6. The summed E-state index contributed by atoms with van der Waals surface area (Å²) in [5, 5.41) is 9.58. The van der Waals surface area contributed by atoms with E-state index >= 15 is 0 Å². The Labute approximate surface area is 96.6 Å². The molecule has 3 atom stereocenters. The van der Waals surface area contributed by atoms with Crippen molar-refractivity contribution in [2.24, 2.45) is 5.92 Å². The number of aliphatic hydroxyl groups excluding tert-OH is 1. The number of amides is 1. The lowest BCUT2D eigenvalue weighted by Crippen LogP contribution is -2.62. The zero-order valence-corrected chi connectivity index (χ0v) is 10.3. The lowest BCUT2D eigenvalue weighted by molar-refractivity contribution is -0.0653. The van der Waals surface area contributed by atoms with Crippen LogP contribution in [-0.4, -0.2) is 40.4 Å². The SMILES string of the molecule is CC(C)(C)OC(=O)N1CC2CCC(O)CC21. The van der Waals surface area contributed by atoms with Gasteiger partial charge in [-0.15, -0.1) is 0 Å². The van der Waals surface area contributed by atoms with Gasteiger partial charge in [0.15, 0.2) is 0 Å². The molecule has 2 rings (SSSR count). The van der Waals surface area contributed by atoms with Crippen LogP contribution in [0.1, 0.15) is 40.0 Å². The van der Waals surface area contributed by atoms with Gasteiger partial charge in [0.2, 0.25) is 0 Å². The Morgan fingerprint density at radius 2 is 2.06 bits per heavy atom. The van der Waals surface area contributed by atoms with E-state index in [4.69, 9.17) is 4.74 Å². The van der Waals surface area contributed by atoms with E-state index < -0.39 is 5.60 Å². The fraction of sp³-hybridized carbons (Fsp3) is 0.917. The number of ether oxygens (including phenoxy) is 1. The lowest BCUT2D eigenvalue weighted by Gasteiger charge is -2.51. The summed E-state index contributed by atoms with van der Waals surface area (Å²) < 4.78 is 5.33. The topological polar surface area (TPSA) is 49.8 Å². The Kier molecular flexibility index (Phi) is 2.86. The third-order valence-corrected chi connectivity index (χ3v) is 3.39. The molecular weight excluding hydrogens is 206 g/mol. The molecule has 1 amide bonds. The summed E-state index contributed by atoms with van der Waals surface area (Å²) >= 11 is 0. The van der Waals surface area contributed by atoms with Crippen molar-refractivity contribution in [1.29, 1.82) is 0 Å². The first-order chi connectivity index (χ1) is 7.37. The third kappa shape index (κ3) is 2.32. The molecule has 16 heavy (non-hydrogen) atoms. The number of rotatable bonds is 0. The minimum atomic E-state index is -0.435. The minimum absolute atomic E-state index is 0.207. The fourth-order valence-corrected chi connectivity index (χ4v) is 2.56. The average Bonchev–Trinajstić information content (AvgIpc) is 2.07. The van der Waals surface area contributed by atoms with Crippen LogP contribution in [0.2, 0.25) is 0 Å². The largest absolute Gasteiger partial charge is 0.444 e. The van der Waals surface area contributed by atoms with Crippen molar-refractivity contribution in [3.63, 3.8) is 0 Å². The maximum Gasteiger partial charge on any atom is 0.410 e. The Morgan fingerprint density at radius 3 is 2.69 bits per heavy atom. The minimum Gasteiger partial charge on any atom is -0.444 e. The number of hydrogen-bond acceptors (Lipinski definition) is 3. The highest BCUT2D eigenvalue weighted by Gasteiger charge is 2.46. The van der Waals surface area contributed by atoms with E-state index in [2.05, 4.69) is 0 Å². The zero-order valence-electron chi connectivity index (χ0n) is 10.3. The van der Waals surface area contributed by atoms with Crippen molar-refractivity contribution in [1.82, 2.24) is 4.90 Å². The van der Waals surface area contributed by atoms with Gasteiger partial charge < -0.3 is 14.7 Å². The molecule has 92 valence electrons. The molecule has 0 radical (unpaired) electrons. The van der Waals surface area contributed by atoms with Crippen LogP contribution < -0.4 is 0 Å². The summed E-state index contributed by atoms with van der Waals surface area (Å²) in [5.41, 5.74) is -0.435. The van der Waals surface area contributed by atoms with Gasteiger partial charge in [-0.25, -0.2) is 4.79 Å². The van der Waals surface area contributed by atoms with Gasteiger partial charge in [-0.1, -0.05) is 0 Å². The lowest BCUT2D eigenvalue weighted by atomic mass is 9.76. The summed E-state index contributed by atoms with van der Waals surface area (Å²) in [4.78, 5) is 13.6. The summed E-state index contributed by atoms with van der Waals surface area (Å²) in [5.74, 6) is 0.580. The first-order valence-electron chi connectivity index (χ1n) is 6.04. The number of carbonyl (C=O) groups is 1. The fourth-order valence-electron chi connectivity index (χ4n) is 2.56. The van der Waals surface area contributed by atoms with Gasteiger partial charge >= 0.3 is 6.09 Å². The third-order valence-electron chi connectivity index (χ3n) is 3.39. The van der Waals surface area contributed by atoms with Crippen LogP contribution >= 0.6 is 0 Å². The molecule has 1 aliphatic heterocycles. The number of carbonyl (C=O) groups excluding carboxylic acids is 1. The zero-order chi connectivity index (χ0) is 11.9. The van der Waals surface area contributed by atoms with Crippen molar-refractivity contribution in [2.45, 2.75) is 57.8 Å². The van der Waals surface area contributed by atoms with Gasteiger partial charge in [-0.2, -0.15) is 0 Å². The Morgan fingerprint density at radius 1 is 1.38 bits per heavy atom. The van der Waals surface area contributed by atoms with Gasteiger partial charge in [-0.3, -0.25) is 0 Å². The van der Waals surface area contributed by atoms with Crippen LogP contribution in [0.25, 0.3) is 0 Å². The molecule has 1 aliphatic carbocycles. The molecular formula is C12H21NO3. The molecule has 2 fully saturated rings. The van der Waals surface area contributed by atoms with E-state index in [0.29, 0.717) is 12.3 Å². The predicted octanol–water partition coefficient (Wildman–Crippen LogP) is 1.77. The number of likely N-dealkylation sites (tertiary alicyclic amines) is 1. The van der Waals surface area contributed by atoms with Crippen molar-refractivity contribution < 1.29 is 14.6 Å². The van der Waals surface area contributed by atoms with Gasteiger partial charge in [0.1, 0.15) is 5.60 Å². The van der Waals surface area contributed by atoms with E-state index in [-0.39, 0.29) is 18.2 Å². The van der Waals surface area contributed by atoms with E-state index in [1.165, 1.54) is 0 Å². The number of hydrogen-bond donors (Lipinski definition) is 1. The Hall–Kier alpha value is -0.770. The number of aliphatic hydroxyl groups is 1. The molecule has 1 heterocycles. The molecule has 0 aromatic rings. The quantitative estimate of drug-likeness (QED) is 0.686. The standard InChI is InChI=1S/C12H21NO3/c1-12(2,3)16-11(15)13-7-8-4-5-9(14)6-10(8)13/h8-10,14H,4-7H2,1-3H3. The van der Waals surface area contributed by atoms with Crippen molar-refractivity contribution in [3.05, 3.63) is 0 Å². The number of nitrogens with zero attached hydrogens (tertiary/aromatic N) is 1. The van der Waals surface area contributed by atoms with E-state index in [9.17, 15) is 9.90 Å². The molecule has 4 nitrogen and oxygen atoms in total. The maximum atomic E-state index is 11.8. The smallest absolute Gasteiger partial charge is 0.410 e. The Balaban J connectivity index is 1.90. The van der Waals surface area contributed by atoms with Crippen LogP contribution in [0.15, 0.2) is 0 Å². The van der Waals surface area contributed by atoms with E-state index in [0.717, 1.165) is 19.4 Å². The molecule has 0 aromatic carbocycles. The highest BCUT2D eigenvalue weighted by molar-refractivity contribution is 5.69. The monoisotopic (exact) mass is 227 g/mol. The van der Waals surface area contributed by atoms with Gasteiger partial charge in [0, 0.05) is 12.6 Å². The van der Waals surface area contributed by atoms with E-state index in [1.54, 1.807) is 4.90 Å². The van der Waals surface area contributed by atoms with Crippen LogP contribution in [0.5, 0.6) is 0 Å². The summed E-state index contributed by atoms with van der Waals surface area (Å²) in [6.45, 7) is 6.42. The van der Waals surface area contributed by atoms with Crippen LogP contribution in [0.4, 0.5) is 4.79 Å².